The number of likely N-dealkylation sites (tertiary alicyclic amines) is 1. The van der Waals surface area contributed by atoms with Crippen LogP contribution in [0.5, 0.6) is 0 Å². The van der Waals surface area contributed by atoms with Gasteiger partial charge in [-0.3, -0.25) is 9.89 Å². The summed E-state index contributed by atoms with van der Waals surface area (Å²) in [5, 5.41) is 10.6. The summed E-state index contributed by atoms with van der Waals surface area (Å²) in [4.78, 5) is 18.6. The van der Waals surface area contributed by atoms with Crippen molar-refractivity contribution >= 4 is 5.91 Å². The number of carbonyl (C=O) groups is 1. The van der Waals surface area contributed by atoms with Crippen molar-refractivity contribution in [3.8, 4) is 0 Å². The van der Waals surface area contributed by atoms with Gasteiger partial charge in [0.1, 0.15) is 5.69 Å². The van der Waals surface area contributed by atoms with Gasteiger partial charge in [-0.05, 0) is 18.9 Å². The third-order valence-corrected chi connectivity index (χ3v) is 3.76. The van der Waals surface area contributed by atoms with Crippen molar-refractivity contribution in [1.29, 1.82) is 0 Å². The fourth-order valence-corrected chi connectivity index (χ4v) is 2.57. The van der Waals surface area contributed by atoms with Gasteiger partial charge in [-0.25, -0.2) is 0 Å². The summed E-state index contributed by atoms with van der Waals surface area (Å²) in [6, 6.07) is 1.69. The predicted molar refractivity (Wildman–Crippen MR) is 74.9 cm³/mol. The fraction of sp³-hybridized carbons (Fsp3) is 0.571. The van der Waals surface area contributed by atoms with Crippen LogP contribution in [0.2, 0.25) is 0 Å². The van der Waals surface area contributed by atoms with Crippen LogP contribution in [0.25, 0.3) is 0 Å². The second-order valence-electron chi connectivity index (χ2n) is 5.71. The molecule has 7 heteroatoms. The van der Waals surface area contributed by atoms with E-state index in [9.17, 15) is 4.79 Å². The first-order valence-corrected chi connectivity index (χ1v) is 7.27. The van der Waals surface area contributed by atoms with Crippen LogP contribution >= 0.6 is 0 Å². The summed E-state index contributed by atoms with van der Waals surface area (Å²) < 4.78 is 5.27. The van der Waals surface area contributed by atoms with Crippen LogP contribution in [-0.4, -0.2) is 44.2 Å². The Labute approximate surface area is 122 Å². The molecule has 0 unspecified atom stereocenters. The lowest BCUT2D eigenvalue weighted by Gasteiger charge is -2.30. The Hall–Kier alpha value is -2.18. The normalized spacial score (nSPS) is 19.2. The molecule has 1 fully saturated rings. The van der Waals surface area contributed by atoms with Gasteiger partial charge in [0, 0.05) is 31.1 Å². The number of carbonyl (C=O) groups excluding carboxylic acids is 1. The Balaban J connectivity index is 1.72. The van der Waals surface area contributed by atoms with Crippen LogP contribution in [0, 0.1) is 0 Å². The molecule has 2 aromatic heterocycles. The van der Waals surface area contributed by atoms with Crippen molar-refractivity contribution in [3.63, 3.8) is 0 Å². The van der Waals surface area contributed by atoms with Crippen molar-refractivity contribution in [2.24, 2.45) is 0 Å². The van der Waals surface area contributed by atoms with E-state index in [2.05, 4.69) is 20.3 Å². The smallest absolute Gasteiger partial charge is 0.271 e. The third kappa shape index (κ3) is 2.81. The first-order chi connectivity index (χ1) is 10.1. The van der Waals surface area contributed by atoms with Crippen molar-refractivity contribution in [2.75, 3.05) is 13.1 Å². The summed E-state index contributed by atoms with van der Waals surface area (Å²) in [6.07, 6.45) is 3.50. The molecule has 112 valence electrons. The van der Waals surface area contributed by atoms with Crippen LogP contribution in [0.1, 0.15) is 60.7 Å². The highest BCUT2D eigenvalue weighted by Crippen LogP contribution is 2.26. The zero-order chi connectivity index (χ0) is 14.8. The molecule has 7 nitrogen and oxygen atoms in total. The van der Waals surface area contributed by atoms with Crippen molar-refractivity contribution in [3.05, 3.63) is 29.7 Å². The fourth-order valence-electron chi connectivity index (χ4n) is 2.57. The van der Waals surface area contributed by atoms with Crippen molar-refractivity contribution < 1.29 is 9.32 Å². The number of aromatic amines is 1. The zero-order valence-electron chi connectivity index (χ0n) is 12.2. The van der Waals surface area contributed by atoms with Gasteiger partial charge >= 0.3 is 0 Å². The second-order valence-corrected chi connectivity index (χ2v) is 5.71. The van der Waals surface area contributed by atoms with Crippen LogP contribution < -0.4 is 0 Å². The van der Waals surface area contributed by atoms with E-state index in [1.54, 1.807) is 12.3 Å². The number of hydrogen-bond donors (Lipinski definition) is 1. The van der Waals surface area contributed by atoms with E-state index in [-0.39, 0.29) is 17.7 Å². The lowest BCUT2D eigenvalue weighted by molar-refractivity contribution is 0.0697. The molecule has 0 bridgehead atoms. The molecule has 3 heterocycles. The van der Waals surface area contributed by atoms with Crippen molar-refractivity contribution in [2.45, 2.75) is 38.5 Å². The first-order valence-electron chi connectivity index (χ1n) is 7.27. The number of amides is 1. The molecule has 0 saturated carbocycles. The maximum Gasteiger partial charge on any atom is 0.271 e. The summed E-state index contributed by atoms with van der Waals surface area (Å²) in [5.74, 6) is 1.70. The molecular formula is C14H19N5O2. The topological polar surface area (TPSA) is 87.9 Å². The second kappa shape index (κ2) is 5.67. The lowest BCUT2D eigenvalue weighted by Crippen LogP contribution is -2.39. The number of piperidine rings is 1. The average molecular weight is 289 g/mol. The SMILES string of the molecule is CC(C)c1nc([C@@H]2CCCN(C(=O)c3ccn[nH]3)C2)no1. The predicted octanol–water partition coefficient (Wildman–Crippen LogP) is 1.94. The molecule has 1 amide bonds. The highest BCUT2D eigenvalue weighted by Gasteiger charge is 2.29. The highest BCUT2D eigenvalue weighted by molar-refractivity contribution is 5.92. The van der Waals surface area contributed by atoms with E-state index in [4.69, 9.17) is 4.52 Å². The van der Waals surface area contributed by atoms with Crippen molar-refractivity contribution in [1.82, 2.24) is 25.2 Å². The molecule has 21 heavy (non-hydrogen) atoms. The average Bonchev–Trinajstić information content (AvgIpc) is 3.18. The summed E-state index contributed by atoms with van der Waals surface area (Å²) in [6.45, 7) is 5.41. The van der Waals surface area contributed by atoms with E-state index in [1.807, 2.05) is 18.7 Å². The molecule has 2 aromatic rings. The number of hydrogen-bond acceptors (Lipinski definition) is 5. The first kappa shape index (κ1) is 13.8. The highest BCUT2D eigenvalue weighted by atomic mass is 16.5. The molecule has 1 aliphatic rings. The van der Waals surface area contributed by atoms with Gasteiger partial charge < -0.3 is 9.42 Å². The monoisotopic (exact) mass is 289 g/mol. The quantitative estimate of drug-likeness (QED) is 0.932. The van der Waals surface area contributed by atoms with Gasteiger partial charge in [0.15, 0.2) is 5.82 Å². The Morgan fingerprint density at radius 1 is 1.52 bits per heavy atom. The molecule has 1 aliphatic heterocycles. The Kier molecular flexibility index (Phi) is 3.72. The Bertz CT molecular complexity index is 605. The molecule has 0 aliphatic carbocycles. The van der Waals surface area contributed by atoms with E-state index in [1.165, 1.54) is 0 Å². The van der Waals surface area contributed by atoms with Gasteiger partial charge in [-0.2, -0.15) is 10.1 Å². The summed E-state index contributed by atoms with van der Waals surface area (Å²) in [5.41, 5.74) is 0.520. The lowest BCUT2D eigenvalue weighted by atomic mass is 9.97. The molecule has 0 spiro atoms. The summed E-state index contributed by atoms with van der Waals surface area (Å²) in [7, 11) is 0. The Morgan fingerprint density at radius 3 is 3.05 bits per heavy atom. The molecular weight excluding hydrogens is 270 g/mol. The van der Waals surface area contributed by atoms with Crippen LogP contribution in [-0.2, 0) is 0 Å². The third-order valence-electron chi connectivity index (χ3n) is 3.76. The Morgan fingerprint density at radius 2 is 2.38 bits per heavy atom. The maximum absolute atomic E-state index is 12.3. The number of H-pyrrole nitrogens is 1. The van der Waals surface area contributed by atoms with Crippen LogP contribution in [0.4, 0.5) is 0 Å². The molecule has 1 N–H and O–H groups in total. The van der Waals surface area contributed by atoms with Gasteiger partial charge in [-0.15, -0.1) is 0 Å². The zero-order valence-corrected chi connectivity index (χ0v) is 12.2. The van der Waals surface area contributed by atoms with E-state index >= 15 is 0 Å². The van der Waals surface area contributed by atoms with E-state index in [0.29, 0.717) is 24.0 Å². The minimum Gasteiger partial charge on any atom is -0.339 e. The minimum atomic E-state index is -0.0234. The largest absolute Gasteiger partial charge is 0.339 e. The molecule has 3 rings (SSSR count). The van der Waals surface area contributed by atoms with Gasteiger partial charge in [0.25, 0.3) is 5.91 Å². The minimum absolute atomic E-state index is 0.0234. The maximum atomic E-state index is 12.3. The van der Waals surface area contributed by atoms with Gasteiger partial charge in [0.05, 0.1) is 0 Å². The van der Waals surface area contributed by atoms with Gasteiger partial charge in [0.2, 0.25) is 5.89 Å². The molecule has 1 saturated heterocycles. The molecule has 0 aromatic carbocycles. The number of nitrogens with one attached hydrogen (secondary N) is 1. The van der Waals surface area contributed by atoms with Gasteiger partial charge in [-0.1, -0.05) is 19.0 Å². The number of rotatable bonds is 3. The van der Waals surface area contributed by atoms with Crippen LogP contribution in [0.3, 0.4) is 0 Å². The van der Waals surface area contributed by atoms with Crippen LogP contribution in [0.15, 0.2) is 16.8 Å². The van der Waals surface area contributed by atoms with E-state index < -0.39 is 0 Å². The molecule has 1 atom stereocenters. The van der Waals surface area contributed by atoms with E-state index in [0.717, 1.165) is 19.4 Å². The number of nitrogens with zero attached hydrogens (tertiary/aromatic N) is 4. The molecule has 0 radical (unpaired) electrons. The standard InChI is InChI=1S/C14H19N5O2/c1-9(2)13-16-12(18-21-13)10-4-3-7-19(8-10)14(20)11-5-6-15-17-11/h5-6,9-10H,3-4,7-8H2,1-2H3,(H,15,17)/t10-/m1/s1. The summed E-state index contributed by atoms with van der Waals surface area (Å²) >= 11 is 0. The number of aromatic nitrogens is 4.